The van der Waals surface area contributed by atoms with E-state index < -0.39 is 0 Å². The number of benzene rings is 2. The van der Waals surface area contributed by atoms with Crippen molar-refractivity contribution in [3.63, 3.8) is 0 Å². The van der Waals surface area contributed by atoms with Gasteiger partial charge < -0.3 is 19.7 Å². The molecule has 2 amide bonds. The molecule has 7 heteroatoms. The molecule has 164 valence electrons. The summed E-state index contributed by atoms with van der Waals surface area (Å²) in [6.45, 7) is 1.97. The van der Waals surface area contributed by atoms with Crippen LogP contribution in [0.5, 0.6) is 5.75 Å². The molecule has 0 radical (unpaired) electrons. The highest BCUT2D eigenvalue weighted by Crippen LogP contribution is 2.40. The molecule has 0 aliphatic carbocycles. The SMILES string of the molecule is C#CCN(Cc1ccc(F)cc1)C(=O)NCC1(c2cc(Cl)ccc2OC)CCOCC1. The smallest absolute Gasteiger partial charge is 0.318 e. The van der Waals surface area contributed by atoms with E-state index in [1.807, 2.05) is 12.1 Å². The molecule has 0 saturated carbocycles. The van der Waals surface area contributed by atoms with E-state index in [2.05, 4.69) is 11.2 Å². The Morgan fingerprint density at radius 3 is 2.65 bits per heavy atom. The average molecular weight is 445 g/mol. The minimum atomic E-state index is -0.373. The Bertz CT molecular complexity index is 937. The van der Waals surface area contributed by atoms with Gasteiger partial charge in [0.15, 0.2) is 0 Å². The van der Waals surface area contributed by atoms with Crippen molar-refractivity contribution in [2.75, 3.05) is 33.4 Å². The van der Waals surface area contributed by atoms with Gasteiger partial charge in [0.1, 0.15) is 11.6 Å². The highest BCUT2D eigenvalue weighted by Gasteiger charge is 2.37. The van der Waals surface area contributed by atoms with Crippen LogP contribution in [0.4, 0.5) is 9.18 Å². The van der Waals surface area contributed by atoms with Crippen molar-refractivity contribution in [3.8, 4) is 18.1 Å². The summed E-state index contributed by atoms with van der Waals surface area (Å²) in [4.78, 5) is 14.5. The number of carbonyl (C=O) groups excluding carboxylic acids is 1. The minimum absolute atomic E-state index is 0.139. The van der Waals surface area contributed by atoms with E-state index in [0.717, 1.165) is 29.7 Å². The number of halogens is 2. The van der Waals surface area contributed by atoms with Gasteiger partial charge in [-0.15, -0.1) is 6.42 Å². The van der Waals surface area contributed by atoms with Gasteiger partial charge in [0.25, 0.3) is 0 Å². The number of hydrogen-bond donors (Lipinski definition) is 1. The lowest BCUT2D eigenvalue weighted by Gasteiger charge is -2.39. The van der Waals surface area contributed by atoms with Crippen molar-refractivity contribution in [1.29, 1.82) is 0 Å². The molecule has 3 rings (SSSR count). The maximum Gasteiger partial charge on any atom is 0.318 e. The van der Waals surface area contributed by atoms with Crippen molar-refractivity contribution in [2.24, 2.45) is 0 Å². The fourth-order valence-electron chi connectivity index (χ4n) is 3.87. The molecule has 0 unspecified atom stereocenters. The number of terminal acetylenes is 1. The van der Waals surface area contributed by atoms with Gasteiger partial charge in [0.05, 0.1) is 13.7 Å². The number of carbonyl (C=O) groups is 1. The molecule has 1 fully saturated rings. The lowest BCUT2D eigenvalue weighted by atomic mass is 9.73. The van der Waals surface area contributed by atoms with Crippen LogP contribution in [0, 0.1) is 18.2 Å². The fraction of sp³-hybridized carbons (Fsp3) is 0.375. The summed E-state index contributed by atoms with van der Waals surface area (Å²) in [5, 5.41) is 3.65. The predicted molar refractivity (Wildman–Crippen MR) is 119 cm³/mol. The Labute approximate surface area is 187 Å². The van der Waals surface area contributed by atoms with Crippen LogP contribution >= 0.6 is 11.6 Å². The number of hydrogen-bond acceptors (Lipinski definition) is 3. The van der Waals surface area contributed by atoms with Crippen molar-refractivity contribution in [1.82, 2.24) is 10.2 Å². The van der Waals surface area contributed by atoms with Gasteiger partial charge in [-0.1, -0.05) is 29.7 Å². The molecule has 0 aromatic heterocycles. The highest BCUT2D eigenvalue weighted by molar-refractivity contribution is 6.30. The van der Waals surface area contributed by atoms with E-state index >= 15 is 0 Å². The predicted octanol–water partition coefficient (Wildman–Crippen LogP) is 4.38. The van der Waals surface area contributed by atoms with E-state index in [0.29, 0.717) is 24.8 Å². The zero-order valence-corrected chi connectivity index (χ0v) is 18.3. The van der Waals surface area contributed by atoms with Crippen LogP contribution in [-0.2, 0) is 16.7 Å². The molecule has 1 heterocycles. The second-order valence-electron chi connectivity index (χ2n) is 7.58. The van der Waals surface area contributed by atoms with Crippen LogP contribution in [0.2, 0.25) is 5.02 Å². The van der Waals surface area contributed by atoms with E-state index in [9.17, 15) is 9.18 Å². The van der Waals surface area contributed by atoms with Gasteiger partial charge in [-0.25, -0.2) is 9.18 Å². The Morgan fingerprint density at radius 1 is 1.29 bits per heavy atom. The molecular weight excluding hydrogens is 419 g/mol. The summed E-state index contributed by atoms with van der Waals surface area (Å²) in [5.41, 5.74) is 1.37. The van der Waals surface area contributed by atoms with E-state index in [-0.39, 0.29) is 30.4 Å². The summed E-state index contributed by atoms with van der Waals surface area (Å²) < 4.78 is 24.4. The Balaban J connectivity index is 1.78. The Morgan fingerprint density at radius 2 is 2.00 bits per heavy atom. The zero-order valence-electron chi connectivity index (χ0n) is 17.5. The highest BCUT2D eigenvalue weighted by atomic mass is 35.5. The molecule has 1 N–H and O–H groups in total. The molecule has 1 saturated heterocycles. The standard InChI is InChI=1S/C24H26ClFN2O3/c1-3-12-28(16-18-4-7-20(26)8-5-18)23(29)27-17-24(10-13-31-14-11-24)21-15-19(25)6-9-22(21)30-2/h1,4-9,15H,10-14,16-17H2,2H3,(H,27,29). The summed E-state index contributed by atoms with van der Waals surface area (Å²) >= 11 is 6.28. The third-order valence-corrected chi connectivity index (χ3v) is 5.85. The zero-order chi connectivity index (χ0) is 22.3. The van der Waals surface area contributed by atoms with E-state index in [1.165, 1.54) is 17.0 Å². The number of nitrogens with one attached hydrogen (secondary N) is 1. The van der Waals surface area contributed by atoms with Crippen LogP contribution < -0.4 is 10.1 Å². The van der Waals surface area contributed by atoms with Crippen molar-refractivity contribution in [3.05, 3.63) is 64.4 Å². The number of nitrogens with zero attached hydrogens (tertiary/aromatic N) is 1. The maximum atomic E-state index is 13.2. The lowest BCUT2D eigenvalue weighted by Crippen LogP contribution is -2.48. The molecule has 5 nitrogen and oxygen atoms in total. The first-order chi connectivity index (χ1) is 15.0. The van der Waals surface area contributed by atoms with Crippen molar-refractivity contribution < 1.29 is 18.7 Å². The molecule has 2 aromatic carbocycles. The van der Waals surface area contributed by atoms with E-state index in [4.69, 9.17) is 27.5 Å². The topological polar surface area (TPSA) is 50.8 Å². The second-order valence-corrected chi connectivity index (χ2v) is 8.02. The molecule has 1 aliphatic rings. The largest absolute Gasteiger partial charge is 0.496 e. The van der Waals surface area contributed by atoms with Crippen LogP contribution in [0.1, 0.15) is 24.0 Å². The summed E-state index contributed by atoms with van der Waals surface area (Å²) in [7, 11) is 1.62. The first-order valence-corrected chi connectivity index (χ1v) is 10.5. The molecule has 0 spiro atoms. The first kappa shape index (κ1) is 22.9. The quantitative estimate of drug-likeness (QED) is 0.645. The van der Waals surface area contributed by atoms with Crippen LogP contribution in [-0.4, -0.2) is 44.3 Å². The number of rotatable bonds is 7. The summed E-state index contributed by atoms with van der Waals surface area (Å²) in [6.07, 6.45) is 6.91. The Kier molecular flexibility index (Phi) is 7.78. The molecule has 0 bridgehead atoms. The fourth-order valence-corrected chi connectivity index (χ4v) is 4.05. The average Bonchev–Trinajstić information content (AvgIpc) is 2.79. The molecule has 31 heavy (non-hydrogen) atoms. The number of amides is 2. The molecule has 2 aromatic rings. The van der Waals surface area contributed by atoms with Gasteiger partial charge in [0.2, 0.25) is 0 Å². The van der Waals surface area contributed by atoms with Crippen LogP contribution in [0.15, 0.2) is 42.5 Å². The van der Waals surface area contributed by atoms with Crippen molar-refractivity contribution >= 4 is 17.6 Å². The molecule has 1 aliphatic heterocycles. The second kappa shape index (κ2) is 10.5. The Hall–Kier alpha value is -2.75. The number of urea groups is 1. The number of ether oxygens (including phenoxy) is 2. The summed E-state index contributed by atoms with van der Waals surface area (Å²) in [6, 6.07) is 11.3. The summed E-state index contributed by atoms with van der Waals surface area (Å²) in [5.74, 6) is 2.92. The van der Waals surface area contributed by atoms with Crippen LogP contribution in [0.3, 0.4) is 0 Å². The van der Waals surface area contributed by atoms with Gasteiger partial charge in [0, 0.05) is 42.3 Å². The van der Waals surface area contributed by atoms with Gasteiger partial charge in [-0.2, -0.15) is 0 Å². The first-order valence-electron chi connectivity index (χ1n) is 10.1. The third kappa shape index (κ3) is 5.69. The minimum Gasteiger partial charge on any atom is -0.496 e. The van der Waals surface area contributed by atoms with Gasteiger partial charge in [-0.05, 0) is 48.7 Å². The normalized spacial score (nSPS) is 15.0. The van der Waals surface area contributed by atoms with Gasteiger partial charge >= 0.3 is 6.03 Å². The lowest BCUT2D eigenvalue weighted by molar-refractivity contribution is 0.0493. The van der Waals surface area contributed by atoms with Crippen LogP contribution in [0.25, 0.3) is 0 Å². The molecular formula is C24H26ClFN2O3. The monoisotopic (exact) mass is 444 g/mol. The van der Waals surface area contributed by atoms with Gasteiger partial charge in [-0.3, -0.25) is 0 Å². The van der Waals surface area contributed by atoms with E-state index in [1.54, 1.807) is 25.3 Å². The molecule has 0 atom stereocenters. The van der Waals surface area contributed by atoms with Crippen molar-refractivity contribution in [2.45, 2.75) is 24.8 Å². The number of methoxy groups -OCH3 is 1. The maximum absolute atomic E-state index is 13.2. The third-order valence-electron chi connectivity index (χ3n) is 5.62.